The average molecular weight is 291 g/mol. The molecule has 0 spiro atoms. The molecule has 0 unspecified atom stereocenters. The summed E-state index contributed by atoms with van der Waals surface area (Å²) in [5, 5.41) is 11.5. The molecule has 3 rings (SSSR count). The Morgan fingerprint density at radius 1 is 1.38 bits per heavy atom. The van der Waals surface area contributed by atoms with E-state index in [1.54, 1.807) is 0 Å². The Morgan fingerprint density at radius 2 is 2.19 bits per heavy atom. The van der Waals surface area contributed by atoms with Crippen LogP contribution in [0.5, 0.6) is 0 Å². The number of benzene rings is 1. The summed E-state index contributed by atoms with van der Waals surface area (Å²) >= 11 is 0. The Morgan fingerprint density at radius 3 is 2.90 bits per heavy atom. The standard InChI is InChI=1S/C12H10FN5O3/c13-6-3-5-1-2-9(19)15-7(5)4-8(6)16-12(20)10-11(14)18-21-17-10/h3-4H,1-2H2,(H2,14,18)(H,15,19)(H,16,20). The van der Waals surface area contributed by atoms with Crippen molar-refractivity contribution in [1.82, 2.24) is 10.3 Å². The van der Waals surface area contributed by atoms with E-state index in [4.69, 9.17) is 5.73 Å². The van der Waals surface area contributed by atoms with Gasteiger partial charge in [-0.2, -0.15) is 0 Å². The smallest absolute Gasteiger partial charge is 0.281 e. The van der Waals surface area contributed by atoms with Crippen LogP contribution in [0.25, 0.3) is 0 Å². The van der Waals surface area contributed by atoms with Crippen LogP contribution in [-0.2, 0) is 11.2 Å². The molecule has 0 atom stereocenters. The second kappa shape index (κ2) is 4.85. The minimum absolute atomic E-state index is 0.0941. The Labute approximate surface area is 117 Å². The minimum atomic E-state index is -0.755. The first kappa shape index (κ1) is 13.0. The minimum Gasteiger partial charge on any atom is -0.379 e. The van der Waals surface area contributed by atoms with E-state index in [1.165, 1.54) is 12.1 Å². The highest BCUT2D eigenvalue weighted by Gasteiger charge is 2.21. The first-order valence-electron chi connectivity index (χ1n) is 6.06. The van der Waals surface area contributed by atoms with E-state index in [1.807, 2.05) is 0 Å². The van der Waals surface area contributed by atoms with Gasteiger partial charge in [0.05, 0.1) is 5.69 Å². The maximum atomic E-state index is 14.0. The number of carbonyl (C=O) groups excluding carboxylic acids is 2. The Hall–Kier alpha value is -2.97. The molecule has 0 saturated carbocycles. The number of fused-ring (bicyclic) bond motifs is 1. The number of hydrogen-bond acceptors (Lipinski definition) is 6. The maximum Gasteiger partial charge on any atom is 0.281 e. The number of carbonyl (C=O) groups is 2. The molecule has 0 saturated heterocycles. The third-order valence-corrected chi connectivity index (χ3v) is 3.07. The van der Waals surface area contributed by atoms with Crippen molar-refractivity contribution in [3.8, 4) is 0 Å². The molecule has 1 aliphatic rings. The summed E-state index contributed by atoms with van der Waals surface area (Å²) in [5.41, 5.74) is 6.19. The molecule has 1 aromatic carbocycles. The van der Waals surface area contributed by atoms with E-state index in [2.05, 4.69) is 25.6 Å². The van der Waals surface area contributed by atoms with Crippen molar-refractivity contribution in [1.29, 1.82) is 0 Å². The number of anilines is 3. The molecule has 2 aromatic rings. The van der Waals surface area contributed by atoms with Crippen LogP contribution in [0.3, 0.4) is 0 Å². The van der Waals surface area contributed by atoms with E-state index in [-0.39, 0.29) is 23.1 Å². The molecule has 0 radical (unpaired) electrons. The van der Waals surface area contributed by atoms with Crippen molar-refractivity contribution in [2.75, 3.05) is 16.4 Å². The highest BCUT2D eigenvalue weighted by molar-refractivity contribution is 6.06. The topological polar surface area (TPSA) is 123 Å². The molecule has 0 fully saturated rings. The predicted octanol–water partition coefficient (Wildman–Crippen LogP) is 0.928. The first-order chi connectivity index (χ1) is 10.0. The van der Waals surface area contributed by atoms with Crippen molar-refractivity contribution < 1.29 is 18.6 Å². The normalized spacial score (nSPS) is 13.5. The van der Waals surface area contributed by atoms with Crippen LogP contribution >= 0.6 is 0 Å². The average Bonchev–Trinajstić information content (AvgIpc) is 2.86. The largest absolute Gasteiger partial charge is 0.379 e. The molecule has 1 aliphatic heterocycles. The second-order valence-electron chi connectivity index (χ2n) is 4.49. The van der Waals surface area contributed by atoms with Crippen LogP contribution in [0.1, 0.15) is 22.5 Å². The number of aryl methyl sites for hydroxylation is 1. The number of aromatic nitrogens is 2. The number of rotatable bonds is 2. The van der Waals surface area contributed by atoms with Crippen molar-refractivity contribution in [2.24, 2.45) is 0 Å². The number of amides is 2. The van der Waals surface area contributed by atoms with E-state index < -0.39 is 11.7 Å². The molecule has 2 heterocycles. The maximum absolute atomic E-state index is 14.0. The molecular formula is C12H10FN5O3. The van der Waals surface area contributed by atoms with Gasteiger partial charge in [-0.1, -0.05) is 0 Å². The van der Waals surface area contributed by atoms with Crippen molar-refractivity contribution in [3.63, 3.8) is 0 Å². The van der Waals surface area contributed by atoms with Crippen LogP contribution in [0.2, 0.25) is 0 Å². The van der Waals surface area contributed by atoms with Crippen molar-refractivity contribution >= 4 is 29.0 Å². The van der Waals surface area contributed by atoms with Crippen LogP contribution in [-0.4, -0.2) is 22.1 Å². The molecular weight excluding hydrogens is 281 g/mol. The third-order valence-electron chi connectivity index (χ3n) is 3.07. The number of hydrogen-bond donors (Lipinski definition) is 3. The van der Waals surface area contributed by atoms with E-state index in [0.717, 1.165) is 0 Å². The monoisotopic (exact) mass is 291 g/mol. The lowest BCUT2D eigenvalue weighted by molar-refractivity contribution is -0.116. The van der Waals surface area contributed by atoms with Gasteiger partial charge in [0.25, 0.3) is 5.91 Å². The zero-order valence-corrected chi connectivity index (χ0v) is 10.6. The van der Waals surface area contributed by atoms with Gasteiger partial charge in [0.2, 0.25) is 17.4 Å². The van der Waals surface area contributed by atoms with E-state index in [0.29, 0.717) is 24.1 Å². The summed E-state index contributed by atoms with van der Waals surface area (Å²) in [6.45, 7) is 0. The summed E-state index contributed by atoms with van der Waals surface area (Å²) in [4.78, 5) is 23.2. The summed E-state index contributed by atoms with van der Waals surface area (Å²) in [6, 6.07) is 2.62. The lowest BCUT2D eigenvalue weighted by atomic mass is 10.0. The van der Waals surface area contributed by atoms with Gasteiger partial charge in [-0.05, 0) is 34.4 Å². The first-order valence-corrected chi connectivity index (χ1v) is 6.06. The fourth-order valence-corrected chi connectivity index (χ4v) is 2.03. The van der Waals surface area contributed by atoms with Gasteiger partial charge < -0.3 is 16.4 Å². The highest BCUT2D eigenvalue weighted by Crippen LogP contribution is 2.29. The van der Waals surface area contributed by atoms with E-state index >= 15 is 0 Å². The van der Waals surface area contributed by atoms with Crippen LogP contribution in [0.15, 0.2) is 16.8 Å². The Bertz CT molecular complexity index is 742. The summed E-state index contributed by atoms with van der Waals surface area (Å²) < 4.78 is 18.3. The van der Waals surface area contributed by atoms with Gasteiger partial charge in [-0.15, -0.1) is 0 Å². The molecule has 2 amide bonds. The molecule has 0 aliphatic carbocycles. The third kappa shape index (κ3) is 2.40. The number of nitrogens with two attached hydrogens (primary N) is 1. The Kier molecular flexibility index (Phi) is 3.01. The van der Waals surface area contributed by atoms with Gasteiger partial charge in [-0.3, -0.25) is 9.59 Å². The predicted molar refractivity (Wildman–Crippen MR) is 70.0 cm³/mol. The Balaban J connectivity index is 1.89. The van der Waals surface area contributed by atoms with Gasteiger partial charge in [-0.25, -0.2) is 9.02 Å². The zero-order valence-electron chi connectivity index (χ0n) is 10.6. The van der Waals surface area contributed by atoms with Gasteiger partial charge in [0, 0.05) is 12.1 Å². The van der Waals surface area contributed by atoms with E-state index in [9.17, 15) is 14.0 Å². The van der Waals surface area contributed by atoms with Crippen LogP contribution in [0.4, 0.5) is 21.6 Å². The summed E-state index contributed by atoms with van der Waals surface area (Å²) in [6.07, 6.45) is 0.756. The van der Waals surface area contributed by atoms with Crippen LogP contribution < -0.4 is 16.4 Å². The summed E-state index contributed by atoms with van der Waals surface area (Å²) in [5.74, 6) is -1.72. The molecule has 4 N–H and O–H groups in total. The second-order valence-corrected chi connectivity index (χ2v) is 4.49. The van der Waals surface area contributed by atoms with Crippen LogP contribution in [0, 0.1) is 5.82 Å². The molecule has 0 bridgehead atoms. The number of nitrogens with one attached hydrogen (secondary N) is 2. The molecule has 108 valence electrons. The van der Waals surface area contributed by atoms with Gasteiger partial charge in [0.15, 0.2) is 0 Å². The SMILES string of the molecule is Nc1nonc1C(=O)Nc1cc2c(cc1F)CCC(=O)N2. The lowest BCUT2D eigenvalue weighted by Crippen LogP contribution is -2.20. The summed E-state index contributed by atoms with van der Waals surface area (Å²) in [7, 11) is 0. The molecule has 8 nitrogen and oxygen atoms in total. The molecule has 9 heteroatoms. The molecule has 21 heavy (non-hydrogen) atoms. The fraction of sp³-hybridized carbons (Fsp3) is 0.167. The zero-order chi connectivity index (χ0) is 15.0. The lowest BCUT2D eigenvalue weighted by Gasteiger charge is -2.18. The number of nitrogen functional groups attached to an aromatic ring is 1. The fourth-order valence-electron chi connectivity index (χ4n) is 2.03. The van der Waals surface area contributed by atoms with Gasteiger partial charge >= 0.3 is 0 Å². The van der Waals surface area contributed by atoms with Gasteiger partial charge in [0.1, 0.15) is 5.82 Å². The van der Waals surface area contributed by atoms with Crippen molar-refractivity contribution in [2.45, 2.75) is 12.8 Å². The molecule has 1 aromatic heterocycles. The van der Waals surface area contributed by atoms with Crippen molar-refractivity contribution in [3.05, 3.63) is 29.2 Å². The quantitative estimate of drug-likeness (QED) is 0.756. The number of nitrogens with zero attached hydrogens (tertiary/aromatic N) is 2. The number of halogens is 1. The highest BCUT2D eigenvalue weighted by atomic mass is 19.1.